The van der Waals surface area contributed by atoms with E-state index in [4.69, 9.17) is 19.7 Å². The van der Waals surface area contributed by atoms with Crippen LogP contribution in [0.4, 0.5) is 0 Å². The third-order valence-corrected chi connectivity index (χ3v) is 10.5. The highest BCUT2D eigenvalue weighted by Crippen LogP contribution is 2.49. The zero-order valence-corrected chi connectivity index (χ0v) is 29.0. The molecule has 10 aromatic rings. The molecular formula is C49H30N4O. The molecule has 1 aliphatic heterocycles. The summed E-state index contributed by atoms with van der Waals surface area (Å²) in [4.78, 5) is 15.0. The molecular weight excluding hydrogens is 661 g/mol. The molecule has 2 aromatic heterocycles. The van der Waals surface area contributed by atoms with Gasteiger partial charge in [-0.05, 0) is 64.5 Å². The number of benzene rings is 8. The summed E-state index contributed by atoms with van der Waals surface area (Å²) in [7, 11) is 0. The number of aromatic nitrogens is 4. The van der Waals surface area contributed by atoms with Gasteiger partial charge in [-0.3, -0.25) is 0 Å². The predicted octanol–water partition coefficient (Wildman–Crippen LogP) is 12.6. The highest BCUT2D eigenvalue weighted by atomic mass is 16.5. The molecule has 0 saturated heterocycles. The van der Waals surface area contributed by atoms with Gasteiger partial charge >= 0.3 is 0 Å². The van der Waals surface area contributed by atoms with Gasteiger partial charge in [-0.1, -0.05) is 133 Å². The van der Waals surface area contributed by atoms with Gasteiger partial charge in [0.15, 0.2) is 17.5 Å². The van der Waals surface area contributed by atoms with Gasteiger partial charge in [0.1, 0.15) is 11.5 Å². The summed E-state index contributed by atoms with van der Waals surface area (Å²) >= 11 is 0. The molecule has 8 aromatic carbocycles. The molecule has 5 heteroatoms. The van der Waals surface area contributed by atoms with E-state index in [9.17, 15) is 0 Å². The molecule has 0 radical (unpaired) electrons. The molecule has 0 aliphatic carbocycles. The molecule has 0 fully saturated rings. The van der Waals surface area contributed by atoms with E-state index < -0.39 is 0 Å². The van der Waals surface area contributed by atoms with E-state index in [1.54, 1.807) is 0 Å². The van der Waals surface area contributed by atoms with E-state index in [1.165, 1.54) is 21.9 Å². The standard InChI is InChI=1S/C49H30N4O/c1-4-13-31(14-5-1)34-23-27-43-41(29-34)36-19-10-11-22-42(36)53(43)35-24-25-37-38-20-12-21-39-40(26-28-44(46(38)39)54-45(37)30-35)49-51-47(32-15-6-2-7-16-32)50-48(52-49)33-17-8-3-9-18-33/h1-30H. The Morgan fingerprint density at radius 1 is 0.352 bits per heavy atom. The maximum Gasteiger partial charge on any atom is 0.164 e. The fourth-order valence-electron chi connectivity index (χ4n) is 7.94. The van der Waals surface area contributed by atoms with Crippen LogP contribution in [0.1, 0.15) is 0 Å². The minimum Gasteiger partial charge on any atom is -0.456 e. The second kappa shape index (κ2) is 12.1. The average Bonchev–Trinajstić information content (AvgIpc) is 3.58. The van der Waals surface area contributed by atoms with Gasteiger partial charge in [0.05, 0.1) is 11.0 Å². The molecule has 11 rings (SSSR count). The van der Waals surface area contributed by atoms with E-state index >= 15 is 0 Å². The van der Waals surface area contributed by atoms with Crippen LogP contribution in [0.15, 0.2) is 182 Å². The van der Waals surface area contributed by atoms with Gasteiger partial charge in [-0.15, -0.1) is 0 Å². The number of hydrogen-bond acceptors (Lipinski definition) is 4. The average molecular weight is 691 g/mol. The lowest BCUT2D eigenvalue weighted by atomic mass is 9.92. The Morgan fingerprint density at radius 3 is 1.70 bits per heavy atom. The third kappa shape index (κ3) is 4.83. The Morgan fingerprint density at radius 2 is 0.963 bits per heavy atom. The molecule has 0 unspecified atom stereocenters. The van der Waals surface area contributed by atoms with Crippen LogP contribution in [0.5, 0.6) is 11.5 Å². The Balaban J connectivity index is 1.05. The van der Waals surface area contributed by atoms with Gasteiger partial charge in [-0.2, -0.15) is 0 Å². The molecule has 252 valence electrons. The highest BCUT2D eigenvalue weighted by molar-refractivity contribution is 6.11. The van der Waals surface area contributed by atoms with E-state index in [-0.39, 0.29) is 0 Å². The molecule has 0 amide bonds. The molecule has 0 saturated carbocycles. The summed E-state index contributed by atoms with van der Waals surface area (Å²) < 4.78 is 9.14. The number of hydrogen-bond donors (Lipinski definition) is 0. The number of fused-ring (bicyclic) bond motifs is 5. The first kappa shape index (κ1) is 30.3. The maximum atomic E-state index is 6.80. The van der Waals surface area contributed by atoms with E-state index in [1.807, 2.05) is 60.7 Å². The molecule has 0 atom stereocenters. The van der Waals surface area contributed by atoms with Crippen molar-refractivity contribution in [2.24, 2.45) is 0 Å². The van der Waals surface area contributed by atoms with Crippen LogP contribution in [0.25, 0.3) is 94.7 Å². The second-order valence-electron chi connectivity index (χ2n) is 13.6. The molecule has 0 bridgehead atoms. The van der Waals surface area contributed by atoms with Crippen LogP contribution in [0.3, 0.4) is 0 Å². The quantitative estimate of drug-likeness (QED) is 0.180. The summed E-state index contributed by atoms with van der Waals surface area (Å²) in [5, 5.41) is 4.51. The SMILES string of the molecule is c1ccc(-c2ccc3c(c2)c2ccccc2n3-c2ccc3c(c2)Oc2ccc(-c4nc(-c5ccccc5)nc(-c5ccccc5)n4)c4cccc-3c24)cc1. The van der Waals surface area contributed by atoms with Crippen LogP contribution in [0, 0.1) is 0 Å². The number of nitrogens with zero attached hydrogens (tertiary/aromatic N) is 4. The normalized spacial score (nSPS) is 11.9. The monoisotopic (exact) mass is 690 g/mol. The molecule has 0 N–H and O–H groups in total. The van der Waals surface area contributed by atoms with Crippen molar-refractivity contribution in [3.63, 3.8) is 0 Å². The lowest BCUT2D eigenvalue weighted by Gasteiger charge is -2.23. The molecule has 0 spiro atoms. The van der Waals surface area contributed by atoms with Crippen LogP contribution >= 0.6 is 0 Å². The van der Waals surface area contributed by atoms with E-state index in [0.29, 0.717) is 17.5 Å². The van der Waals surface area contributed by atoms with Gasteiger partial charge in [0.2, 0.25) is 0 Å². The zero-order chi connectivity index (χ0) is 35.6. The zero-order valence-electron chi connectivity index (χ0n) is 29.0. The smallest absolute Gasteiger partial charge is 0.164 e. The van der Waals surface area contributed by atoms with Crippen molar-refractivity contribution in [1.82, 2.24) is 19.5 Å². The second-order valence-corrected chi connectivity index (χ2v) is 13.6. The first-order valence-corrected chi connectivity index (χ1v) is 18.1. The highest BCUT2D eigenvalue weighted by Gasteiger charge is 2.24. The lowest BCUT2D eigenvalue weighted by molar-refractivity contribution is 0.487. The lowest BCUT2D eigenvalue weighted by Crippen LogP contribution is -2.03. The summed E-state index contributed by atoms with van der Waals surface area (Å²) in [6, 6.07) is 63.3. The van der Waals surface area contributed by atoms with Crippen molar-refractivity contribution >= 4 is 32.6 Å². The van der Waals surface area contributed by atoms with Crippen molar-refractivity contribution < 1.29 is 4.74 Å². The Labute approximate surface area is 311 Å². The fourth-order valence-corrected chi connectivity index (χ4v) is 7.94. The summed E-state index contributed by atoms with van der Waals surface area (Å²) in [5.74, 6) is 3.52. The van der Waals surface area contributed by atoms with Crippen molar-refractivity contribution in [2.45, 2.75) is 0 Å². The van der Waals surface area contributed by atoms with E-state index in [0.717, 1.165) is 66.8 Å². The van der Waals surface area contributed by atoms with Crippen LogP contribution in [-0.4, -0.2) is 19.5 Å². The summed E-state index contributed by atoms with van der Waals surface area (Å²) in [5.41, 5.74) is 10.7. The minimum atomic E-state index is 0.620. The largest absolute Gasteiger partial charge is 0.456 e. The molecule has 54 heavy (non-hydrogen) atoms. The van der Waals surface area contributed by atoms with Crippen LogP contribution in [0.2, 0.25) is 0 Å². The Kier molecular flexibility index (Phi) is 6.79. The van der Waals surface area contributed by atoms with Crippen molar-refractivity contribution in [3.8, 4) is 73.6 Å². The number of para-hydroxylation sites is 1. The topological polar surface area (TPSA) is 52.8 Å². The number of rotatable bonds is 5. The maximum absolute atomic E-state index is 6.80. The first-order valence-electron chi connectivity index (χ1n) is 18.1. The molecule has 1 aliphatic rings. The Bertz CT molecular complexity index is 3010. The molecule has 5 nitrogen and oxygen atoms in total. The van der Waals surface area contributed by atoms with Crippen molar-refractivity contribution in [2.75, 3.05) is 0 Å². The van der Waals surface area contributed by atoms with Crippen LogP contribution < -0.4 is 4.74 Å². The van der Waals surface area contributed by atoms with Crippen molar-refractivity contribution in [1.29, 1.82) is 0 Å². The summed E-state index contributed by atoms with van der Waals surface area (Å²) in [6.07, 6.45) is 0. The van der Waals surface area contributed by atoms with Gasteiger partial charge < -0.3 is 9.30 Å². The predicted molar refractivity (Wildman–Crippen MR) is 219 cm³/mol. The van der Waals surface area contributed by atoms with Gasteiger partial charge in [0.25, 0.3) is 0 Å². The third-order valence-electron chi connectivity index (χ3n) is 10.5. The molecule has 3 heterocycles. The van der Waals surface area contributed by atoms with Crippen molar-refractivity contribution in [3.05, 3.63) is 182 Å². The fraction of sp³-hybridized carbons (Fsp3) is 0. The number of ether oxygens (including phenoxy) is 1. The van der Waals surface area contributed by atoms with Crippen LogP contribution in [-0.2, 0) is 0 Å². The summed E-state index contributed by atoms with van der Waals surface area (Å²) in [6.45, 7) is 0. The minimum absolute atomic E-state index is 0.620. The Hall–Kier alpha value is -7.37. The first-order chi connectivity index (χ1) is 26.8. The van der Waals surface area contributed by atoms with E-state index in [2.05, 4.69) is 126 Å². The van der Waals surface area contributed by atoms with Gasteiger partial charge in [-0.25, -0.2) is 15.0 Å². The van der Waals surface area contributed by atoms with Gasteiger partial charge in [0, 0.05) is 50.2 Å².